The third-order valence-electron chi connectivity index (χ3n) is 4.02. The van der Waals surface area contributed by atoms with Gasteiger partial charge < -0.3 is 0 Å². The van der Waals surface area contributed by atoms with Crippen LogP contribution in [0.25, 0.3) is 0 Å². The second-order valence-electron chi connectivity index (χ2n) is 6.10. The molecule has 0 N–H and O–H groups in total. The minimum absolute atomic E-state index is 0.176. The Bertz CT molecular complexity index is 405. The summed E-state index contributed by atoms with van der Waals surface area (Å²) in [6, 6.07) is 2.20. The number of alkyl halides is 1. The van der Waals surface area contributed by atoms with Gasteiger partial charge in [0, 0.05) is 14.2 Å². The van der Waals surface area contributed by atoms with Crippen LogP contribution in [0, 0.1) is 18.3 Å². The first-order valence-electron chi connectivity index (χ1n) is 6.84. The summed E-state index contributed by atoms with van der Waals surface area (Å²) >= 11 is 12.4. The molecule has 102 valence electrons. The number of aryl methyl sites for hydroxylation is 1. The number of halogens is 2. The van der Waals surface area contributed by atoms with Crippen molar-refractivity contribution in [2.75, 3.05) is 0 Å². The van der Waals surface area contributed by atoms with E-state index >= 15 is 0 Å². The molecule has 18 heavy (non-hydrogen) atoms. The molecule has 2 rings (SSSR count). The zero-order chi connectivity index (χ0) is 13.3. The molecule has 0 saturated heterocycles. The van der Waals surface area contributed by atoms with Crippen molar-refractivity contribution >= 4 is 38.9 Å². The van der Waals surface area contributed by atoms with Gasteiger partial charge in [0.2, 0.25) is 0 Å². The molecule has 3 heteroatoms. The van der Waals surface area contributed by atoms with Crippen molar-refractivity contribution in [1.82, 2.24) is 0 Å². The second-order valence-corrected chi connectivity index (χ2v) is 8.68. The average molecular weight is 350 g/mol. The van der Waals surface area contributed by atoms with Gasteiger partial charge in [-0.3, -0.25) is 0 Å². The summed E-state index contributed by atoms with van der Waals surface area (Å²) in [7, 11) is 0. The Morgan fingerprint density at radius 3 is 2.44 bits per heavy atom. The first-order valence-corrected chi connectivity index (χ1v) is 8.89. The third-order valence-corrected chi connectivity index (χ3v) is 6.86. The molecule has 0 nitrogen and oxygen atoms in total. The highest BCUT2D eigenvalue weighted by Gasteiger charge is 2.42. The SMILES string of the molecule is Cc1cc(Br)c(C(Cl)C2(CC(C)C)CCCC2)s1. The van der Waals surface area contributed by atoms with E-state index in [-0.39, 0.29) is 5.38 Å². The maximum atomic E-state index is 6.91. The summed E-state index contributed by atoms with van der Waals surface area (Å²) in [5.41, 5.74) is 0.329. The average Bonchev–Trinajstić information content (AvgIpc) is 2.84. The summed E-state index contributed by atoms with van der Waals surface area (Å²) in [4.78, 5) is 2.69. The van der Waals surface area contributed by atoms with E-state index in [4.69, 9.17) is 11.6 Å². The lowest BCUT2D eigenvalue weighted by atomic mass is 9.75. The molecule has 1 aromatic heterocycles. The van der Waals surface area contributed by atoms with Crippen LogP contribution < -0.4 is 0 Å². The molecule has 1 atom stereocenters. The highest BCUT2D eigenvalue weighted by atomic mass is 79.9. The quantitative estimate of drug-likeness (QED) is 0.530. The van der Waals surface area contributed by atoms with E-state index in [1.807, 2.05) is 11.3 Å². The van der Waals surface area contributed by atoms with Crippen LogP contribution in [-0.4, -0.2) is 0 Å². The molecule has 1 aliphatic rings. The first kappa shape index (κ1) is 14.9. The van der Waals surface area contributed by atoms with Crippen LogP contribution in [0.1, 0.15) is 61.1 Å². The van der Waals surface area contributed by atoms with Gasteiger partial charge in [-0.05, 0) is 59.5 Å². The monoisotopic (exact) mass is 348 g/mol. The van der Waals surface area contributed by atoms with Gasteiger partial charge in [-0.15, -0.1) is 22.9 Å². The highest BCUT2D eigenvalue weighted by Crippen LogP contribution is 2.56. The van der Waals surface area contributed by atoms with E-state index in [1.165, 1.54) is 46.3 Å². The Morgan fingerprint density at radius 2 is 2.00 bits per heavy atom. The number of hydrogen-bond acceptors (Lipinski definition) is 1. The molecule has 1 fully saturated rings. The largest absolute Gasteiger partial charge is 0.143 e. The van der Waals surface area contributed by atoms with Crippen molar-refractivity contribution in [3.8, 4) is 0 Å². The van der Waals surface area contributed by atoms with Crippen molar-refractivity contribution in [3.05, 3.63) is 20.3 Å². The predicted octanol–water partition coefficient (Wildman–Crippen LogP) is 6.71. The molecule has 1 heterocycles. The van der Waals surface area contributed by atoms with Gasteiger partial charge in [-0.1, -0.05) is 26.7 Å². The van der Waals surface area contributed by atoms with Gasteiger partial charge in [-0.2, -0.15) is 0 Å². The van der Waals surface area contributed by atoms with E-state index in [1.54, 1.807) is 0 Å². The molecule has 1 unspecified atom stereocenters. The van der Waals surface area contributed by atoms with Crippen LogP contribution in [0.5, 0.6) is 0 Å². The Balaban J connectivity index is 2.28. The number of thiophene rings is 1. The topological polar surface area (TPSA) is 0 Å². The van der Waals surface area contributed by atoms with Crippen molar-refractivity contribution in [3.63, 3.8) is 0 Å². The van der Waals surface area contributed by atoms with E-state index in [0.717, 1.165) is 5.92 Å². The van der Waals surface area contributed by atoms with Crippen LogP contribution in [0.2, 0.25) is 0 Å². The number of hydrogen-bond donors (Lipinski definition) is 0. The van der Waals surface area contributed by atoms with E-state index in [9.17, 15) is 0 Å². The van der Waals surface area contributed by atoms with E-state index < -0.39 is 0 Å². The Hall–Kier alpha value is 0.470. The first-order chi connectivity index (χ1) is 8.44. The zero-order valence-electron chi connectivity index (χ0n) is 11.4. The van der Waals surface area contributed by atoms with Crippen molar-refractivity contribution in [1.29, 1.82) is 0 Å². The van der Waals surface area contributed by atoms with Gasteiger partial charge in [0.25, 0.3) is 0 Å². The van der Waals surface area contributed by atoms with E-state index in [2.05, 4.69) is 42.8 Å². The fourth-order valence-electron chi connectivity index (χ4n) is 3.41. The van der Waals surface area contributed by atoms with Crippen molar-refractivity contribution < 1.29 is 0 Å². The summed E-state index contributed by atoms with van der Waals surface area (Å²) in [6.07, 6.45) is 6.53. The minimum atomic E-state index is 0.176. The number of rotatable bonds is 4. The Morgan fingerprint density at radius 1 is 1.39 bits per heavy atom. The predicted molar refractivity (Wildman–Crippen MR) is 85.7 cm³/mol. The highest BCUT2D eigenvalue weighted by molar-refractivity contribution is 9.10. The van der Waals surface area contributed by atoms with Crippen molar-refractivity contribution in [2.45, 2.75) is 58.3 Å². The van der Waals surface area contributed by atoms with Crippen LogP contribution in [0.3, 0.4) is 0 Å². The molecule has 0 aliphatic heterocycles. The van der Waals surface area contributed by atoms with Gasteiger partial charge in [0.1, 0.15) is 0 Å². The zero-order valence-corrected chi connectivity index (χ0v) is 14.6. The summed E-state index contributed by atoms with van der Waals surface area (Å²) in [5.74, 6) is 0.726. The molecule has 0 amide bonds. The fraction of sp³-hybridized carbons (Fsp3) is 0.733. The molecule has 0 bridgehead atoms. The lowest BCUT2D eigenvalue weighted by Crippen LogP contribution is -2.24. The molecule has 0 aromatic carbocycles. The lowest BCUT2D eigenvalue weighted by Gasteiger charge is -2.35. The summed E-state index contributed by atoms with van der Waals surface area (Å²) in [6.45, 7) is 6.79. The maximum absolute atomic E-state index is 6.91. The third kappa shape index (κ3) is 2.96. The van der Waals surface area contributed by atoms with Crippen LogP contribution >= 0.6 is 38.9 Å². The molecular weight excluding hydrogens is 328 g/mol. The fourth-order valence-corrected chi connectivity index (χ4v) is 6.10. The van der Waals surface area contributed by atoms with Crippen LogP contribution in [0.15, 0.2) is 10.5 Å². The standard InChI is InChI=1S/C15H22BrClS/c1-10(2)9-15(6-4-5-7-15)14(17)13-12(16)8-11(3)18-13/h8,10,14H,4-7,9H2,1-3H3. The van der Waals surface area contributed by atoms with Crippen molar-refractivity contribution in [2.24, 2.45) is 11.3 Å². The van der Waals surface area contributed by atoms with Crippen LogP contribution in [-0.2, 0) is 0 Å². The molecule has 0 spiro atoms. The molecule has 1 aromatic rings. The maximum Gasteiger partial charge on any atom is 0.0746 e. The minimum Gasteiger partial charge on any atom is -0.143 e. The lowest BCUT2D eigenvalue weighted by molar-refractivity contribution is 0.224. The van der Waals surface area contributed by atoms with Gasteiger partial charge in [0.15, 0.2) is 0 Å². The molecule has 1 aliphatic carbocycles. The van der Waals surface area contributed by atoms with Crippen LogP contribution in [0.4, 0.5) is 0 Å². The van der Waals surface area contributed by atoms with Gasteiger partial charge >= 0.3 is 0 Å². The molecule has 1 saturated carbocycles. The smallest absolute Gasteiger partial charge is 0.0746 e. The summed E-state index contributed by atoms with van der Waals surface area (Å²) in [5, 5.41) is 0.176. The molecular formula is C15H22BrClS. The van der Waals surface area contributed by atoms with E-state index in [0.29, 0.717) is 5.41 Å². The Kier molecular flexibility index (Phi) is 4.83. The Labute approximate surface area is 128 Å². The second kappa shape index (κ2) is 5.85. The molecule has 0 radical (unpaired) electrons. The van der Waals surface area contributed by atoms with Gasteiger partial charge in [0.05, 0.1) is 5.38 Å². The summed E-state index contributed by atoms with van der Waals surface area (Å²) < 4.78 is 1.21. The normalized spacial score (nSPS) is 20.6. The van der Waals surface area contributed by atoms with Gasteiger partial charge in [-0.25, -0.2) is 0 Å².